The van der Waals surface area contributed by atoms with Crippen LogP contribution < -0.4 is 0 Å². The lowest BCUT2D eigenvalue weighted by molar-refractivity contribution is -0.141. The monoisotopic (exact) mass is 256 g/mol. The molecule has 0 fully saturated rings. The molecule has 0 rings (SSSR count). The van der Waals surface area contributed by atoms with Gasteiger partial charge in [-0.3, -0.25) is 9.59 Å². The van der Waals surface area contributed by atoms with E-state index in [0.29, 0.717) is 25.7 Å². The number of nitrogens with zero attached hydrogens (tertiary/aromatic N) is 2. The molecule has 0 N–H and O–H groups in total. The predicted octanol–water partition coefficient (Wildman–Crippen LogP) is 1.73. The first-order chi connectivity index (χ1) is 8.49. The van der Waals surface area contributed by atoms with Gasteiger partial charge in [-0.2, -0.15) is 10.2 Å². The normalized spacial score (nSPS) is 12.2. The number of esters is 2. The minimum atomic E-state index is -0.268. The summed E-state index contributed by atoms with van der Waals surface area (Å²) in [6, 6.07) is 0. The Morgan fingerprint density at radius 1 is 0.778 bits per heavy atom. The van der Waals surface area contributed by atoms with E-state index in [1.807, 2.05) is 0 Å². The number of ether oxygens (including phenoxy) is 2. The first-order valence-corrected chi connectivity index (χ1v) is 5.69. The Balaban J connectivity index is 4.08. The number of hydrogen-bond acceptors (Lipinski definition) is 6. The van der Waals surface area contributed by atoms with E-state index < -0.39 is 0 Å². The van der Waals surface area contributed by atoms with Crippen LogP contribution in [-0.4, -0.2) is 37.6 Å². The summed E-state index contributed by atoms with van der Waals surface area (Å²) in [5, 5.41) is 7.96. The Bertz CT molecular complexity index is 314. The van der Waals surface area contributed by atoms with E-state index in [0.717, 1.165) is 11.4 Å². The SMILES string of the molecule is COC(=O)CC/C(C)=N\N=C(/C)CCC(=O)OC. The van der Waals surface area contributed by atoms with Crippen molar-refractivity contribution in [3.05, 3.63) is 0 Å². The Morgan fingerprint density at radius 2 is 1.11 bits per heavy atom. The molecule has 0 aromatic heterocycles. The highest BCUT2D eigenvalue weighted by Gasteiger charge is 2.02. The summed E-state index contributed by atoms with van der Waals surface area (Å²) in [5.74, 6) is -0.535. The highest BCUT2D eigenvalue weighted by Crippen LogP contribution is 1.99. The van der Waals surface area contributed by atoms with Crippen molar-refractivity contribution < 1.29 is 19.1 Å². The minimum Gasteiger partial charge on any atom is -0.469 e. The van der Waals surface area contributed by atoms with Crippen molar-refractivity contribution in [2.75, 3.05) is 14.2 Å². The molecule has 0 aliphatic carbocycles. The summed E-state index contributed by atoms with van der Waals surface area (Å²) in [4.78, 5) is 21.8. The third-order valence-electron chi connectivity index (χ3n) is 2.23. The lowest BCUT2D eigenvalue weighted by atomic mass is 10.2. The maximum atomic E-state index is 10.9. The van der Waals surface area contributed by atoms with Gasteiger partial charge in [-0.25, -0.2) is 0 Å². The number of carbonyl (C=O) groups is 2. The molecule has 6 heteroatoms. The van der Waals surface area contributed by atoms with Crippen LogP contribution in [0, 0.1) is 0 Å². The molecule has 0 unspecified atom stereocenters. The van der Waals surface area contributed by atoms with E-state index in [2.05, 4.69) is 19.7 Å². The van der Waals surface area contributed by atoms with Crippen LogP contribution in [0.4, 0.5) is 0 Å². The van der Waals surface area contributed by atoms with Crippen LogP contribution in [0.1, 0.15) is 39.5 Å². The summed E-state index contributed by atoms with van der Waals surface area (Å²) in [7, 11) is 2.70. The fourth-order valence-corrected chi connectivity index (χ4v) is 1.04. The predicted molar refractivity (Wildman–Crippen MR) is 68.7 cm³/mol. The second-order valence-corrected chi connectivity index (χ2v) is 3.82. The Kier molecular flexibility index (Phi) is 8.43. The van der Waals surface area contributed by atoms with Crippen molar-refractivity contribution in [2.24, 2.45) is 10.2 Å². The van der Waals surface area contributed by atoms with Crippen LogP contribution in [-0.2, 0) is 19.1 Å². The summed E-state index contributed by atoms with van der Waals surface area (Å²) >= 11 is 0. The van der Waals surface area contributed by atoms with Crippen LogP contribution in [0.15, 0.2) is 10.2 Å². The van der Waals surface area contributed by atoms with E-state index in [4.69, 9.17) is 0 Å². The first-order valence-electron chi connectivity index (χ1n) is 5.69. The van der Waals surface area contributed by atoms with Gasteiger partial charge in [0.2, 0.25) is 0 Å². The average Bonchev–Trinajstić information content (AvgIpc) is 2.39. The molecule has 0 saturated carbocycles. The van der Waals surface area contributed by atoms with Crippen molar-refractivity contribution in [2.45, 2.75) is 39.5 Å². The fourth-order valence-electron chi connectivity index (χ4n) is 1.04. The number of hydrogen-bond donors (Lipinski definition) is 0. The average molecular weight is 256 g/mol. The van der Waals surface area contributed by atoms with Gasteiger partial charge in [-0.15, -0.1) is 0 Å². The maximum absolute atomic E-state index is 10.9. The van der Waals surface area contributed by atoms with Gasteiger partial charge in [0.1, 0.15) is 0 Å². The summed E-state index contributed by atoms with van der Waals surface area (Å²) in [5.41, 5.74) is 1.50. The van der Waals surface area contributed by atoms with Crippen molar-refractivity contribution in [3.8, 4) is 0 Å². The molecule has 0 bridgehead atoms. The number of methoxy groups -OCH3 is 2. The van der Waals surface area contributed by atoms with Crippen molar-refractivity contribution >= 4 is 23.4 Å². The topological polar surface area (TPSA) is 77.3 Å². The molecule has 0 aliphatic heterocycles. The summed E-state index contributed by atoms with van der Waals surface area (Å²) in [6.45, 7) is 3.58. The molecule has 6 nitrogen and oxygen atoms in total. The van der Waals surface area contributed by atoms with Gasteiger partial charge in [0, 0.05) is 11.4 Å². The molecule has 0 aromatic rings. The van der Waals surface area contributed by atoms with Gasteiger partial charge in [0.25, 0.3) is 0 Å². The summed E-state index contributed by atoms with van der Waals surface area (Å²) < 4.78 is 9.04. The molecule has 0 saturated heterocycles. The van der Waals surface area contributed by atoms with Crippen molar-refractivity contribution in [1.29, 1.82) is 0 Å². The van der Waals surface area contributed by atoms with Gasteiger partial charge in [-0.05, 0) is 26.7 Å². The van der Waals surface area contributed by atoms with Crippen molar-refractivity contribution in [3.63, 3.8) is 0 Å². The lowest BCUT2D eigenvalue weighted by Crippen LogP contribution is -2.04. The molecule has 102 valence electrons. The molecule has 0 amide bonds. The number of carbonyl (C=O) groups excluding carboxylic acids is 2. The second-order valence-electron chi connectivity index (χ2n) is 3.82. The maximum Gasteiger partial charge on any atom is 0.305 e. The summed E-state index contributed by atoms with van der Waals surface area (Å²) in [6.07, 6.45) is 1.62. The molecule has 0 heterocycles. The lowest BCUT2D eigenvalue weighted by Gasteiger charge is -1.99. The highest BCUT2D eigenvalue weighted by atomic mass is 16.5. The largest absolute Gasteiger partial charge is 0.469 e. The van der Waals surface area contributed by atoms with Gasteiger partial charge < -0.3 is 9.47 Å². The van der Waals surface area contributed by atoms with Gasteiger partial charge in [0.15, 0.2) is 0 Å². The van der Waals surface area contributed by atoms with Crippen LogP contribution in [0.25, 0.3) is 0 Å². The van der Waals surface area contributed by atoms with Crippen LogP contribution in [0.5, 0.6) is 0 Å². The van der Waals surface area contributed by atoms with Crippen LogP contribution in [0.2, 0.25) is 0 Å². The van der Waals surface area contributed by atoms with Gasteiger partial charge in [0.05, 0.1) is 27.1 Å². The minimum absolute atomic E-state index is 0.268. The Labute approximate surface area is 107 Å². The van der Waals surface area contributed by atoms with E-state index in [9.17, 15) is 9.59 Å². The molecule has 0 aliphatic rings. The van der Waals surface area contributed by atoms with Crippen molar-refractivity contribution in [1.82, 2.24) is 0 Å². The molecule has 0 radical (unpaired) electrons. The van der Waals surface area contributed by atoms with Gasteiger partial charge in [-0.1, -0.05) is 0 Å². The smallest absolute Gasteiger partial charge is 0.305 e. The zero-order chi connectivity index (χ0) is 14.0. The third-order valence-corrected chi connectivity index (χ3v) is 2.23. The molecular formula is C12H20N2O4. The molecule has 0 atom stereocenters. The quantitative estimate of drug-likeness (QED) is 0.395. The first kappa shape index (κ1) is 16.3. The second kappa shape index (κ2) is 9.32. The Morgan fingerprint density at radius 3 is 1.39 bits per heavy atom. The number of rotatable bonds is 7. The molecule has 0 aromatic carbocycles. The zero-order valence-corrected chi connectivity index (χ0v) is 11.4. The molecule has 0 spiro atoms. The molecular weight excluding hydrogens is 236 g/mol. The zero-order valence-electron chi connectivity index (χ0n) is 11.4. The molecule has 18 heavy (non-hydrogen) atoms. The standard InChI is InChI=1S/C12H20N2O4/c1-9(5-7-11(15)17-3)13-14-10(2)6-8-12(16)18-4/h5-8H2,1-4H3/b13-9-,14-10+. The van der Waals surface area contributed by atoms with Crippen LogP contribution >= 0.6 is 0 Å². The highest BCUT2D eigenvalue weighted by molar-refractivity contribution is 5.88. The van der Waals surface area contributed by atoms with E-state index in [1.165, 1.54) is 14.2 Å². The Hall–Kier alpha value is -1.72. The van der Waals surface area contributed by atoms with E-state index in [-0.39, 0.29) is 11.9 Å². The van der Waals surface area contributed by atoms with Gasteiger partial charge >= 0.3 is 11.9 Å². The van der Waals surface area contributed by atoms with Crippen LogP contribution in [0.3, 0.4) is 0 Å². The third kappa shape index (κ3) is 8.43. The van der Waals surface area contributed by atoms with E-state index >= 15 is 0 Å². The van der Waals surface area contributed by atoms with E-state index in [1.54, 1.807) is 13.8 Å². The fraction of sp³-hybridized carbons (Fsp3) is 0.667.